The first-order chi connectivity index (χ1) is 10.2. The van der Waals surface area contributed by atoms with Crippen LogP contribution in [-0.4, -0.2) is 46.5 Å². The van der Waals surface area contributed by atoms with Crippen molar-refractivity contribution < 1.29 is 4.79 Å². The quantitative estimate of drug-likeness (QED) is 0.846. The van der Waals surface area contributed by atoms with Crippen LogP contribution in [0.2, 0.25) is 0 Å². The van der Waals surface area contributed by atoms with E-state index in [4.69, 9.17) is 0 Å². The van der Waals surface area contributed by atoms with Crippen molar-refractivity contribution in [1.29, 1.82) is 0 Å². The predicted molar refractivity (Wildman–Crippen MR) is 83.7 cm³/mol. The van der Waals surface area contributed by atoms with Crippen LogP contribution in [0.15, 0.2) is 43.0 Å². The Kier molecular flexibility index (Phi) is 5.51. The van der Waals surface area contributed by atoms with Crippen molar-refractivity contribution >= 4 is 5.91 Å². The number of amides is 1. The van der Waals surface area contributed by atoms with Crippen molar-refractivity contribution in [3.05, 3.63) is 48.5 Å². The Morgan fingerprint density at radius 2 is 1.95 bits per heavy atom. The van der Waals surface area contributed by atoms with Crippen molar-refractivity contribution in [2.75, 3.05) is 26.2 Å². The lowest BCUT2D eigenvalue weighted by Crippen LogP contribution is -2.34. The molecule has 0 spiro atoms. The molecule has 0 bridgehead atoms. The van der Waals surface area contributed by atoms with Gasteiger partial charge in [0, 0.05) is 36.7 Å². The van der Waals surface area contributed by atoms with Crippen molar-refractivity contribution in [1.82, 2.24) is 19.8 Å². The van der Waals surface area contributed by atoms with Crippen LogP contribution in [0, 0.1) is 0 Å². The number of hydrogen-bond acceptors (Lipinski definition) is 3. The molecule has 1 amide bonds. The second-order valence-electron chi connectivity index (χ2n) is 4.80. The summed E-state index contributed by atoms with van der Waals surface area (Å²) < 4.78 is 1.90. The fourth-order valence-corrected chi connectivity index (χ4v) is 2.17. The molecule has 1 aromatic carbocycles. The molecule has 1 aromatic heterocycles. The molecule has 0 aliphatic heterocycles. The van der Waals surface area contributed by atoms with Gasteiger partial charge in [-0.2, -0.15) is 0 Å². The number of imidazole rings is 1. The van der Waals surface area contributed by atoms with E-state index < -0.39 is 0 Å². The summed E-state index contributed by atoms with van der Waals surface area (Å²) in [7, 11) is 0. The monoisotopic (exact) mass is 286 g/mol. The smallest absolute Gasteiger partial charge is 0.251 e. The average Bonchev–Trinajstić information content (AvgIpc) is 3.06. The van der Waals surface area contributed by atoms with Crippen molar-refractivity contribution in [2.24, 2.45) is 0 Å². The molecule has 2 aromatic rings. The molecule has 0 fully saturated rings. The standard InChI is InChI=1S/C16H22N4O/c1-3-19(4-2)11-10-18-16(21)14-5-7-15(8-6-14)20-12-9-17-13-20/h5-9,12-13H,3-4,10-11H2,1-2H3,(H,18,21). The number of aromatic nitrogens is 2. The van der Waals surface area contributed by atoms with Gasteiger partial charge in [-0.25, -0.2) is 4.98 Å². The van der Waals surface area contributed by atoms with E-state index in [1.807, 2.05) is 35.0 Å². The number of benzene rings is 1. The lowest BCUT2D eigenvalue weighted by Gasteiger charge is -2.17. The highest BCUT2D eigenvalue weighted by Crippen LogP contribution is 2.09. The first kappa shape index (κ1) is 15.3. The van der Waals surface area contributed by atoms with Crippen LogP contribution >= 0.6 is 0 Å². The van der Waals surface area contributed by atoms with Crippen LogP contribution in [0.3, 0.4) is 0 Å². The Bertz CT molecular complexity index is 544. The van der Waals surface area contributed by atoms with E-state index >= 15 is 0 Å². The summed E-state index contributed by atoms with van der Waals surface area (Å²) in [4.78, 5) is 18.3. The minimum absolute atomic E-state index is 0.0284. The maximum Gasteiger partial charge on any atom is 0.251 e. The fourth-order valence-electron chi connectivity index (χ4n) is 2.17. The van der Waals surface area contributed by atoms with Crippen LogP contribution in [0.25, 0.3) is 5.69 Å². The highest BCUT2D eigenvalue weighted by atomic mass is 16.1. The summed E-state index contributed by atoms with van der Waals surface area (Å²) in [5.41, 5.74) is 1.67. The second-order valence-corrected chi connectivity index (χ2v) is 4.80. The molecule has 0 saturated carbocycles. The number of nitrogens with one attached hydrogen (secondary N) is 1. The zero-order chi connectivity index (χ0) is 15.1. The predicted octanol–water partition coefficient (Wildman–Crippen LogP) is 1.94. The van der Waals surface area contributed by atoms with Gasteiger partial charge in [0.25, 0.3) is 5.91 Å². The summed E-state index contributed by atoms with van der Waals surface area (Å²) in [6.45, 7) is 7.81. The molecule has 5 nitrogen and oxygen atoms in total. The van der Waals surface area contributed by atoms with Crippen molar-refractivity contribution in [2.45, 2.75) is 13.8 Å². The lowest BCUT2D eigenvalue weighted by molar-refractivity contribution is 0.0949. The second kappa shape index (κ2) is 7.59. The zero-order valence-electron chi connectivity index (χ0n) is 12.6. The molecule has 0 aliphatic carbocycles. The van der Waals surface area contributed by atoms with Gasteiger partial charge in [-0.3, -0.25) is 4.79 Å². The lowest BCUT2D eigenvalue weighted by atomic mass is 10.2. The molecule has 2 rings (SSSR count). The zero-order valence-corrected chi connectivity index (χ0v) is 12.6. The summed E-state index contributed by atoms with van der Waals surface area (Å²) in [5.74, 6) is -0.0284. The van der Waals surface area contributed by atoms with Gasteiger partial charge in [-0.1, -0.05) is 13.8 Å². The van der Waals surface area contributed by atoms with Crippen molar-refractivity contribution in [3.63, 3.8) is 0 Å². The fraction of sp³-hybridized carbons (Fsp3) is 0.375. The molecule has 1 heterocycles. The molecule has 21 heavy (non-hydrogen) atoms. The number of carbonyl (C=O) groups excluding carboxylic acids is 1. The molecule has 0 aliphatic rings. The van der Waals surface area contributed by atoms with Gasteiger partial charge in [-0.15, -0.1) is 0 Å². The Morgan fingerprint density at radius 3 is 2.52 bits per heavy atom. The number of likely N-dealkylation sites (N-methyl/N-ethyl adjacent to an activating group) is 1. The van der Waals surface area contributed by atoms with Gasteiger partial charge in [0.15, 0.2) is 0 Å². The number of nitrogens with zero attached hydrogens (tertiary/aromatic N) is 3. The third-order valence-electron chi connectivity index (χ3n) is 3.54. The van der Waals surface area contributed by atoms with Crippen LogP contribution < -0.4 is 5.32 Å². The van der Waals surface area contributed by atoms with Crippen molar-refractivity contribution in [3.8, 4) is 5.69 Å². The Balaban J connectivity index is 1.88. The largest absolute Gasteiger partial charge is 0.351 e. The normalized spacial score (nSPS) is 10.8. The molecule has 112 valence electrons. The van der Waals surface area contributed by atoms with E-state index in [0.717, 1.165) is 25.3 Å². The Morgan fingerprint density at radius 1 is 1.24 bits per heavy atom. The van der Waals surface area contributed by atoms with E-state index in [0.29, 0.717) is 12.1 Å². The van der Waals surface area contributed by atoms with Crippen LogP contribution in [-0.2, 0) is 0 Å². The molecular formula is C16H22N4O. The van der Waals surface area contributed by atoms with Gasteiger partial charge in [0.05, 0.1) is 6.33 Å². The van der Waals surface area contributed by atoms with E-state index in [2.05, 4.69) is 29.0 Å². The van der Waals surface area contributed by atoms with E-state index in [-0.39, 0.29) is 5.91 Å². The molecule has 0 saturated heterocycles. The van der Waals surface area contributed by atoms with Gasteiger partial charge in [0.2, 0.25) is 0 Å². The Labute approximate surface area is 125 Å². The van der Waals surface area contributed by atoms with E-state index in [1.54, 1.807) is 12.5 Å². The number of hydrogen-bond donors (Lipinski definition) is 1. The molecule has 0 radical (unpaired) electrons. The van der Waals surface area contributed by atoms with Crippen LogP contribution in [0.5, 0.6) is 0 Å². The van der Waals surface area contributed by atoms with Gasteiger partial charge in [0.1, 0.15) is 0 Å². The number of rotatable bonds is 7. The average molecular weight is 286 g/mol. The third kappa shape index (κ3) is 4.16. The molecule has 1 N–H and O–H groups in total. The SMILES string of the molecule is CCN(CC)CCNC(=O)c1ccc(-n2ccnc2)cc1. The van der Waals surface area contributed by atoms with Gasteiger partial charge < -0.3 is 14.8 Å². The van der Waals surface area contributed by atoms with Gasteiger partial charge >= 0.3 is 0 Å². The molecular weight excluding hydrogens is 264 g/mol. The molecule has 0 atom stereocenters. The minimum Gasteiger partial charge on any atom is -0.351 e. The van der Waals surface area contributed by atoms with Crippen LogP contribution in [0.4, 0.5) is 0 Å². The highest BCUT2D eigenvalue weighted by molar-refractivity contribution is 5.94. The first-order valence-electron chi connectivity index (χ1n) is 7.33. The summed E-state index contributed by atoms with van der Waals surface area (Å²) >= 11 is 0. The summed E-state index contributed by atoms with van der Waals surface area (Å²) in [6.07, 6.45) is 5.34. The highest BCUT2D eigenvalue weighted by Gasteiger charge is 2.06. The van der Waals surface area contributed by atoms with E-state index in [1.165, 1.54) is 0 Å². The summed E-state index contributed by atoms with van der Waals surface area (Å²) in [6, 6.07) is 7.51. The topological polar surface area (TPSA) is 50.2 Å². The maximum atomic E-state index is 12.1. The molecule has 5 heteroatoms. The number of carbonyl (C=O) groups is 1. The minimum atomic E-state index is -0.0284. The maximum absolute atomic E-state index is 12.1. The third-order valence-corrected chi connectivity index (χ3v) is 3.54. The first-order valence-corrected chi connectivity index (χ1v) is 7.33. The van der Waals surface area contributed by atoms with E-state index in [9.17, 15) is 4.79 Å². The summed E-state index contributed by atoms with van der Waals surface area (Å²) in [5, 5.41) is 2.95. The molecule has 0 unspecified atom stereocenters. The Hall–Kier alpha value is -2.14. The van der Waals surface area contributed by atoms with Crippen LogP contribution in [0.1, 0.15) is 24.2 Å². The van der Waals surface area contributed by atoms with Gasteiger partial charge in [-0.05, 0) is 37.4 Å².